The first-order valence-corrected chi connectivity index (χ1v) is 5.53. The Labute approximate surface area is 96.4 Å². The van der Waals surface area contributed by atoms with Gasteiger partial charge < -0.3 is 5.32 Å². The number of aryl methyl sites for hydroxylation is 2. The Bertz CT molecular complexity index is 571. The summed E-state index contributed by atoms with van der Waals surface area (Å²) >= 11 is 0. The van der Waals surface area contributed by atoms with Crippen molar-refractivity contribution in [2.75, 3.05) is 11.9 Å². The van der Waals surface area contributed by atoms with Crippen molar-refractivity contribution in [3.8, 4) is 0 Å². The molecular formula is C10H13F2N5. The van der Waals surface area contributed by atoms with Crippen molar-refractivity contribution in [3.05, 3.63) is 5.69 Å². The third kappa shape index (κ3) is 1.34. The minimum absolute atomic E-state index is 0.394. The molecule has 0 saturated carbocycles. The fraction of sp³-hybridized carbons (Fsp3) is 0.600. The Morgan fingerprint density at radius 2 is 2.18 bits per heavy atom. The number of anilines is 1. The first-order chi connectivity index (χ1) is 8.09. The number of nitrogens with zero attached hydrogens (tertiary/aromatic N) is 4. The Morgan fingerprint density at radius 1 is 1.41 bits per heavy atom. The van der Waals surface area contributed by atoms with Crippen LogP contribution in [0, 0.1) is 6.92 Å². The molecule has 1 aliphatic rings. The van der Waals surface area contributed by atoms with Gasteiger partial charge in [-0.1, -0.05) is 0 Å². The van der Waals surface area contributed by atoms with Gasteiger partial charge in [0.15, 0.2) is 5.65 Å². The van der Waals surface area contributed by atoms with Gasteiger partial charge in [-0.3, -0.25) is 0 Å². The summed E-state index contributed by atoms with van der Waals surface area (Å²) in [6.45, 7) is 2.41. The molecule has 17 heavy (non-hydrogen) atoms. The zero-order valence-electron chi connectivity index (χ0n) is 9.61. The van der Waals surface area contributed by atoms with E-state index in [2.05, 4.69) is 15.5 Å². The van der Waals surface area contributed by atoms with E-state index >= 15 is 0 Å². The number of aromatic nitrogens is 4. The van der Waals surface area contributed by atoms with E-state index in [4.69, 9.17) is 0 Å². The second-order valence-electron chi connectivity index (χ2n) is 4.32. The summed E-state index contributed by atoms with van der Waals surface area (Å²) in [6.07, 6.45) is -2.00. The Balaban J connectivity index is 2.26. The zero-order valence-corrected chi connectivity index (χ0v) is 9.61. The molecule has 1 N–H and O–H groups in total. The smallest absolute Gasteiger partial charge is 0.260 e. The van der Waals surface area contributed by atoms with E-state index in [1.54, 1.807) is 11.7 Å². The number of hydrogen-bond acceptors (Lipinski definition) is 3. The van der Waals surface area contributed by atoms with Crippen LogP contribution in [0.25, 0.3) is 11.0 Å². The molecule has 0 fully saturated rings. The van der Waals surface area contributed by atoms with Gasteiger partial charge in [-0.15, -0.1) is 0 Å². The molecule has 7 heteroatoms. The number of halogens is 2. The summed E-state index contributed by atoms with van der Waals surface area (Å²) in [5.74, 6) is 0.669. The first-order valence-electron chi connectivity index (χ1n) is 5.53. The van der Waals surface area contributed by atoms with Crippen molar-refractivity contribution >= 4 is 16.9 Å². The number of hydrogen-bond donors (Lipinski definition) is 1. The monoisotopic (exact) mass is 241 g/mol. The molecule has 0 aliphatic carbocycles. The fourth-order valence-corrected chi connectivity index (χ4v) is 2.41. The first kappa shape index (κ1) is 10.5. The lowest BCUT2D eigenvalue weighted by molar-refractivity contribution is 0.0718. The zero-order chi connectivity index (χ0) is 12.2. The van der Waals surface area contributed by atoms with Crippen LogP contribution in [0.2, 0.25) is 0 Å². The van der Waals surface area contributed by atoms with Crippen molar-refractivity contribution in [1.29, 1.82) is 0 Å². The molecule has 92 valence electrons. The predicted molar refractivity (Wildman–Crippen MR) is 59.4 cm³/mol. The van der Waals surface area contributed by atoms with Gasteiger partial charge in [0.25, 0.3) is 6.43 Å². The molecule has 0 saturated heterocycles. The summed E-state index contributed by atoms with van der Waals surface area (Å²) in [5.41, 5.74) is 1.46. The summed E-state index contributed by atoms with van der Waals surface area (Å²) in [5, 5.41) is 12.5. The highest BCUT2D eigenvalue weighted by Crippen LogP contribution is 2.34. The predicted octanol–water partition coefficient (Wildman–Crippen LogP) is 1.70. The minimum atomic E-state index is -2.39. The molecule has 0 amide bonds. The van der Waals surface area contributed by atoms with Crippen LogP contribution in [0.15, 0.2) is 0 Å². The standard InChI is InChI=1S/C10H13F2N5/c1-5-7-9-13-4-3-6(8(11)12)17(9)15-10(7)16(2)14-5/h6,8,13H,3-4H2,1-2H3. The molecule has 1 unspecified atom stereocenters. The van der Waals surface area contributed by atoms with Gasteiger partial charge in [0.05, 0.1) is 11.1 Å². The van der Waals surface area contributed by atoms with Crippen molar-refractivity contribution < 1.29 is 8.78 Å². The SMILES string of the molecule is Cc1nn(C)c2nn3c(c12)NCCC3C(F)F. The average molecular weight is 241 g/mol. The maximum atomic E-state index is 12.9. The largest absolute Gasteiger partial charge is 0.370 e. The van der Waals surface area contributed by atoms with Gasteiger partial charge >= 0.3 is 0 Å². The topological polar surface area (TPSA) is 47.7 Å². The molecule has 1 atom stereocenters. The Morgan fingerprint density at radius 3 is 2.88 bits per heavy atom. The molecule has 0 aromatic carbocycles. The third-order valence-electron chi connectivity index (χ3n) is 3.20. The molecule has 5 nitrogen and oxygen atoms in total. The van der Waals surface area contributed by atoms with E-state index in [-0.39, 0.29) is 0 Å². The summed E-state index contributed by atoms with van der Waals surface area (Å²) < 4.78 is 28.9. The highest BCUT2D eigenvalue weighted by Gasteiger charge is 2.31. The van der Waals surface area contributed by atoms with Crippen LogP contribution in [0.4, 0.5) is 14.6 Å². The van der Waals surface area contributed by atoms with Crippen molar-refractivity contribution in [1.82, 2.24) is 19.6 Å². The number of nitrogens with one attached hydrogen (secondary N) is 1. The second-order valence-corrected chi connectivity index (χ2v) is 4.32. The van der Waals surface area contributed by atoms with E-state index in [1.165, 1.54) is 4.68 Å². The van der Waals surface area contributed by atoms with Crippen LogP contribution in [-0.4, -0.2) is 32.5 Å². The van der Waals surface area contributed by atoms with Crippen LogP contribution in [0.1, 0.15) is 18.2 Å². The molecule has 2 aromatic heterocycles. The van der Waals surface area contributed by atoms with Crippen LogP contribution >= 0.6 is 0 Å². The second kappa shape index (κ2) is 3.41. The van der Waals surface area contributed by atoms with E-state index in [1.807, 2.05) is 6.92 Å². The maximum Gasteiger partial charge on any atom is 0.260 e. The Hall–Kier alpha value is -1.66. The van der Waals surface area contributed by atoms with Gasteiger partial charge in [-0.25, -0.2) is 18.1 Å². The molecule has 0 radical (unpaired) electrons. The minimum Gasteiger partial charge on any atom is -0.370 e. The van der Waals surface area contributed by atoms with E-state index in [0.29, 0.717) is 24.4 Å². The summed E-state index contributed by atoms with van der Waals surface area (Å²) in [6, 6.07) is -0.835. The lowest BCUT2D eigenvalue weighted by atomic mass is 10.1. The molecular weight excluding hydrogens is 228 g/mol. The molecule has 2 aromatic rings. The van der Waals surface area contributed by atoms with Gasteiger partial charge in [-0.05, 0) is 13.3 Å². The van der Waals surface area contributed by atoms with Gasteiger partial charge in [0, 0.05) is 13.6 Å². The quantitative estimate of drug-likeness (QED) is 0.826. The number of fused-ring (bicyclic) bond motifs is 3. The van der Waals surface area contributed by atoms with Crippen LogP contribution in [-0.2, 0) is 7.05 Å². The van der Waals surface area contributed by atoms with Gasteiger partial charge in [0.1, 0.15) is 11.9 Å². The van der Waals surface area contributed by atoms with Crippen molar-refractivity contribution in [2.24, 2.45) is 7.05 Å². The molecule has 0 bridgehead atoms. The average Bonchev–Trinajstić information content (AvgIpc) is 2.78. The van der Waals surface area contributed by atoms with E-state index in [9.17, 15) is 8.78 Å². The molecule has 3 rings (SSSR count). The highest BCUT2D eigenvalue weighted by molar-refractivity contribution is 5.90. The van der Waals surface area contributed by atoms with Crippen molar-refractivity contribution in [3.63, 3.8) is 0 Å². The van der Waals surface area contributed by atoms with Crippen LogP contribution in [0.5, 0.6) is 0 Å². The number of alkyl halides is 2. The van der Waals surface area contributed by atoms with E-state index in [0.717, 1.165) is 11.1 Å². The molecule has 3 heterocycles. The number of rotatable bonds is 1. The molecule has 1 aliphatic heterocycles. The third-order valence-corrected chi connectivity index (χ3v) is 3.20. The maximum absolute atomic E-state index is 12.9. The summed E-state index contributed by atoms with van der Waals surface area (Å²) in [7, 11) is 1.77. The Kier molecular flexibility index (Phi) is 2.11. The van der Waals surface area contributed by atoms with Gasteiger partial charge in [0.2, 0.25) is 0 Å². The summed E-state index contributed by atoms with van der Waals surface area (Å²) in [4.78, 5) is 0. The van der Waals surface area contributed by atoms with E-state index < -0.39 is 12.5 Å². The van der Waals surface area contributed by atoms with Crippen LogP contribution < -0.4 is 5.32 Å². The fourth-order valence-electron chi connectivity index (χ4n) is 2.41. The van der Waals surface area contributed by atoms with Crippen molar-refractivity contribution in [2.45, 2.75) is 25.8 Å². The van der Waals surface area contributed by atoms with Gasteiger partial charge in [-0.2, -0.15) is 10.2 Å². The highest BCUT2D eigenvalue weighted by atomic mass is 19.3. The van der Waals surface area contributed by atoms with Crippen LogP contribution in [0.3, 0.4) is 0 Å². The normalized spacial score (nSPS) is 19.7. The molecule has 0 spiro atoms. The lowest BCUT2D eigenvalue weighted by Crippen LogP contribution is -2.28. The lowest BCUT2D eigenvalue weighted by Gasteiger charge is -2.24.